The molecule has 0 radical (unpaired) electrons. The molecule has 5 heteroatoms. The van der Waals surface area contributed by atoms with Gasteiger partial charge in [-0.05, 0) is 32.4 Å². The first-order valence-corrected chi connectivity index (χ1v) is 5.00. The predicted octanol–water partition coefficient (Wildman–Crippen LogP) is -0.224. The van der Waals surface area contributed by atoms with E-state index >= 15 is 0 Å². The molecule has 0 amide bonds. The Balaban J connectivity index is 2.25. The number of aliphatic hydroxyl groups is 1. The number of hydrogen-bond donors (Lipinski definition) is 2. The molecule has 1 saturated heterocycles. The first-order valence-electron chi connectivity index (χ1n) is 5.00. The molecule has 2 N–H and O–H groups in total. The van der Waals surface area contributed by atoms with Crippen molar-refractivity contribution >= 4 is 0 Å². The van der Waals surface area contributed by atoms with Gasteiger partial charge < -0.3 is 15.0 Å². The minimum absolute atomic E-state index is 0.682. The van der Waals surface area contributed by atoms with Crippen LogP contribution in [-0.4, -0.2) is 33.0 Å². The smallest absolute Gasteiger partial charge is 0.164 e. The van der Waals surface area contributed by atoms with Crippen molar-refractivity contribution in [2.45, 2.75) is 24.9 Å². The van der Waals surface area contributed by atoms with Crippen LogP contribution < -0.4 is 5.32 Å². The van der Waals surface area contributed by atoms with Crippen LogP contribution in [0, 0.1) is 0 Å². The summed E-state index contributed by atoms with van der Waals surface area (Å²) in [4.78, 5) is 0. The third-order valence-corrected chi connectivity index (χ3v) is 2.79. The molecule has 1 aromatic rings. The van der Waals surface area contributed by atoms with Crippen LogP contribution in [0.15, 0.2) is 6.33 Å². The van der Waals surface area contributed by atoms with Crippen molar-refractivity contribution in [3.63, 3.8) is 0 Å². The van der Waals surface area contributed by atoms with Crippen LogP contribution in [0.2, 0.25) is 0 Å². The van der Waals surface area contributed by atoms with Gasteiger partial charge in [0.15, 0.2) is 5.82 Å². The van der Waals surface area contributed by atoms with E-state index in [0.29, 0.717) is 12.2 Å². The summed E-state index contributed by atoms with van der Waals surface area (Å²) in [6.07, 6.45) is 4.07. The fourth-order valence-electron chi connectivity index (χ4n) is 1.98. The molecule has 1 unspecified atom stereocenters. The normalized spacial score (nSPS) is 28.7. The van der Waals surface area contributed by atoms with E-state index in [-0.39, 0.29) is 0 Å². The SMILES string of the molecule is Cn1cnnc1C1(O)CCCNCC1. The van der Waals surface area contributed by atoms with Gasteiger partial charge in [0.05, 0.1) is 0 Å². The van der Waals surface area contributed by atoms with E-state index in [1.807, 2.05) is 7.05 Å². The molecule has 0 aliphatic carbocycles. The summed E-state index contributed by atoms with van der Waals surface area (Å²) in [5, 5.41) is 21.5. The molecule has 5 nitrogen and oxygen atoms in total. The largest absolute Gasteiger partial charge is 0.382 e. The maximum Gasteiger partial charge on any atom is 0.164 e. The molecule has 2 heterocycles. The molecular weight excluding hydrogens is 180 g/mol. The van der Waals surface area contributed by atoms with Crippen molar-refractivity contribution in [1.29, 1.82) is 0 Å². The highest BCUT2D eigenvalue weighted by Crippen LogP contribution is 2.28. The van der Waals surface area contributed by atoms with E-state index in [2.05, 4.69) is 15.5 Å². The lowest BCUT2D eigenvalue weighted by Gasteiger charge is -2.24. The Labute approximate surface area is 83.2 Å². The minimum atomic E-state index is -0.797. The highest BCUT2D eigenvalue weighted by molar-refractivity contribution is 5.02. The molecular formula is C9H16N4O. The van der Waals surface area contributed by atoms with Crippen molar-refractivity contribution in [1.82, 2.24) is 20.1 Å². The Hall–Kier alpha value is -0.940. The summed E-state index contributed by atoms with van der Waals surface area (Å²) in [5.74, 6) is 0.682. The lowest BCUT2D eigenvalue weighted by Crippen LogP contribution is -2.30. The highest BCUT2D eigenvalue weighted by Gasteiger charge is 2.34. The quantitative estimate of drug-likeness (QED) is 0.651. The minimum Gasteiger partial charge on any atom is -0.382 e. The van der Waals surface area contributed by atoms with Crippen LogP contribution >= 0.6 is 0 Å². The molecule has 1 fully saturated rings. The number of hydrogen-bond acceptors (Lipinski definition) is 4. The van der Waals surface area contributed by atoms with Crippen molar-refractivity contribution in [3.05, 3.63) is 12.2 Å². The number of aryl methyl sites for hydroxylation is 1. The van der Waals surface area contributed by atoms with E-state index in [1.54, 1.807) is 10.9 Å². The predicted molar refractivity (Wildman–Crippen MR) is 51.6 cm³/mol. The van der Waals surface area contributed by atoms with Crippen LogP contribution in [0.25, 0.3) is 0 Å². The van der Waals surface area contributed by atoms with Crippen molar-refractivity contribution in [3.8, 4) is 0 Å². The lowest BCUT2D eigenvalue weighted by molar-refractivity contribution is 0.0122. The fraction of sp³-hybridized carbons (Fsp3) is 0.778. The van der Waals surface area contributed by atoms with Gasteiger partial charge in [0, 0.05) is 7.05 Å². The summed E-state index contributed by atoms with van der Waals surface area (Å²) in [6.45, 7) is 1.81. The van der Waals surface area contributed by atoms with E-state index in [0.717, 1.165) is 25.9 Å². The Kier molecular flexibility index (Phi) is 2.52. The van der Waals surface area contributed by atoms with E-state index in [4.69, 9.17) is 0 Å². The summed E-state index contributed by atoms with van der Waals surface area (Å²) < 4.78 is 1.80. The van der Waals surface area contributed by atoms with Crippen LogP contribution in [0.5, 0.6) is 0 Å². The number of rotatable bonds is 1. The third-order valence-electron chi connectivity index (χ3n) is 2.79. The van der Waals surface area contributed by atoms with E-state index in [1.165, 1.54) is 0 Å². The first kappa shape index (κ1) is 9.61. The highest BCUT2D eigenvalue weighted by atomic mass is 16.3. The van der Waals surface area contributed by atoms with Crippen molar-refractivity contribution in [2.24, 2.45) is 7.05 Å². The van der Waals surface area contributed by atoms with Gasteiger partial charge in [-0.1, -0.05) is 0 Å². The van der Waals surface area contributed by atoms with Gasteiger partial charge in [0.25, 0.3) is 0 Å². The fourth-order valence-corrected chi connectivity index (χ4v) is 1.98. The van der Waals surface area contributed by atoms with Crippen molar-refractivity contribution < 1.29 is 5.11 Å². The zero-order valence-electron chi connectivity index (χ0n) is 8.40. The zero-order valence-corrected chi connectivity index (χ0v) is 8.40. The molecule has 2 rings (SSSR count). The monoisotopic (exact) mass is 196 g/mol. The molecule has 0 aromatic carbocycles. The van der Waals surface area contributed by atoms with Crippen LogP contribution in [0.4, 0.5) is 0 Å². The summed E-state index contributed by atoms with van der Waals surface area (Å²) >= 11 is 0. The first-order chi connectivity index (χ1) is 6.72. The van der Waals surface area contributed by atoms with Gasteiger partial charge in [-0.2, -0.15) is 0 Å². The summed E-state index contributed by atoms with van der Waals surface area (Å²) in [6, 6.07) is 0. The van der Waals surface area contributed by atoms with Crippen molar-refractivity contribution in [2.75, 3.05) is 13.1 Å². The zero-order chi connectivity index (χ0) is 10.0. The molecule has 1 aliphatic rings. The molecule has 78 valence electrons. The van der Waals surface area contributed by atoms with Gasteiger partial charge in [0.2, 0.25) is 0 Å². The van der Waals surface area contributed by atoms with Crippen LogP contribution in [-0.2, 0) is 12.6 Å². The van der Waals surface area contributed by atoms with Crippen LogP contribution in [0.3, 0.4) is 0 Å². The lowest BCUT2D eigenvalue weighted by atomic mass is 9.94. The average Bonchev–Trinajstić information content (AvgIpc) is 2.46. The summed E-state index contributed by atoms with van der Waals surface area (Å²) in [5.41, 5.74) is -0.797. The Morgan fingerprint density at radius 3 is 3.07 bits per heavy atom. The van der Waals surface area contributed by atoms with Gasteiger partial charge >= 0.3 is 0 Å². The van der Waals surface area contributed by atoms with E-state index < -0.39 is 5.60 Å². The topological polar surface area (TPSA) is 63.0 Å². The molecule has 1 aromatic heterocycles. The molecule has 0 bridgehead atoms. The maximum atomic E-state index is 10.4. The molecule has 0 saturated carbocycles. The Morgan fingerprint density at radius 1 is 1.50 bits per heavy atom. The number of aromatic nitrogens is 3. The second-order valence-electron chi connectivity index (χ2n) is 3.90. The van der Waals surface area contributed by atoms with Gasteiger partial charge in [0.1, 0.15) is 11.9 Å². The van der Waals surface area contributed by atoms with Crippen LogP contribution in [0.1, 0.15) is 25.1 Å². The Bertz CT molecular complexity index is 302. The average molecular weight is 196 g/mol. The third kappa shape index (κ3) is 1.65. The maximum absolute atomic E-state index is 10.4. The van der Waals surface area contributed by atoms with Gasteiger partial charge in [-0.25, -0.2) is 0 Å². The molecule has 0 spiro atoms. The Morgan fingerprint density at radius 2 is 2.36 bits per heavy atom. The second kappa shape index (κ2) is 3.67. The number of nitrogens with zero attached hydrogens (tertiary/aromatic N) is 3. The van der Waals surface area contributed by atoms with Gasteiger partial charge in [-0.3, -0.25) is 0 Å². The molecule has 1 atom stereocenters. The second-order valence-corrected chi connectivity index (χ2v) is 3.90. The van der Waals surface area contributed by atoms with Gasteiger partial charge in [-0.15, -0.1) is 10.2 Å². The molecule has 14 heavy (non-hydrogen) atoms. The molecule has 1 aliphatic heterocycles. The van der Waals surface area contributed by atoms with E-state index in [9.17, 15) is 5.11 Å². The summed E-state index contributed by atoms with van der Waals surface area (Å²) in [7, 11) is 1.87. The standard InChI is InChI=1S/C9H16N4O/c1-13-7-11-12-8(13)9(14)3-2-5-10-6-4-9/h7,10,14H,2-6H2,1H3. The number of nitrogens with one attached hydrogen (secondary N) is 1.